The van der Waals surface area contributed by atoms with Crippen LogP contribution in [0.15, 0.2) is 24.3 Å². The summed E-state index contributed by atoms with van der Waals surface area (Å²) in [6, 6.07) is 7.75. The fourth-order valence-electron chi connectivity index (χ4n) is 2.78. The van der Waals surface area contributed by atoms with Crippen molar-refractivity contribution in [3.05, 3.63) is 35.5 Å². The zero-order valence-electron chi connectivity index (χ0n) is 10.4. The summed E-state index contributed by atoms with van der Waals surface area (Å²) in [5.74, 6) is 0.289. The number of hydrogen-bond acceptors (Lipinski definition) is 3. The normalized spacial score (nSPS) is 18.9. The Balaban J connectivity index is 2.28. The number of rotatable bonds is 1. The Kier molecular flexibility index (Phi) is 2.54. The third-order valence-electron chi connectivity index (χ3n) is 3.85. The maximum Gasteiger partial charge on any atom is 0.169 e. The molecule has 3 nitrogen and oxygen atoms in total. The minimum Gasteiger partial charge on any atom is -0.398 e. The third-order valence-corrected chi connectivity index (χ3v) is 3.85. The van der Waals surface area contributed by atoms with Crippen molar-refractivity contribution in [1.29, 1.82) is 0 Å². The molecule has 2 N–H and O–H groups in total. The standard InChI is InChI=1S/C15H16N2O/c1-2-9-7-8-12-13(15(9)18)14(16)10-5-3-4-6-11(10)17-12/h3-6,9H,2,7-8H2,1H3,(H2,16,17). The van der Waals surface area contributed by atoms with Crippen LogP contribution in [0.25, 0.3) is 10.9 Å². The molecule has 0 spiro atoms. The average molecular weight is 240 g/mol. The van der Waals surface area contributed by atoms with Crippen LogP contribution in [-0.2, 0) is 6.42 Å². The molecular formula is C15H16N2O. The molecule has 1 atom stereocenters. The number of para-hydroxylation sites is 1. The average Bonchev–Trinajstić information content (AvgIpc) is 2.39. The maximum atomic E-state index is 12.4. The highest BCUT2D eigenvalue weighted by atomic mass is 16.1. The van der Waals surface area contributed by atoms with Gasteiger partial charge in [-0.2, -0.15) is 0 Å². The Morgan fingerprint density at radius 2 is 2.17 bits per heavy atom. The molecule has 3 rings (SSSR count). The molecule has 1 heterocycles. The highest BCUT2D eigenvalue weighted by Crippen LogP contribution is 2.34. The summed E-state index contributed by atoms with van der Waals surface area (Å²) in [5, 5.41) is 0.890. The van der Waals surface area contributed by atoms with Gasteiger partial charge in [0.2, 0.25) is 0 Å². The number of pyridine rings is 1. The van der Waals surface area contributed by atoms with E-state index in [1.807, 2.05) is 24.3 Å². The number of carbonyl (C=O) groups excluding carboxylic acids is 1. The lowest BCUT2D eigenvalue weighted by Gasteiger charge is -2.23. The number of nitrogen functional groups attached to an aromatic ring is 1. The number of hydrogen-bond donors (Lipinski definition) is 1. The summed E-state index contributed by atoms with van der Waals surface area (Å²) < 4.78 is 0. The van der Waals surface area contributed by atoms with Crippen LogP contribution in [0, 0.1) is 5.92 Å². The monoisotopic (exact) mass is 240 g/mol. The van der Waals surface area contributed by atoms with Crippen molar-refractivity contribution in [3.63, 3.8) is 0 Å². The van der Waals surface area contributed by atoms with E-state index in [1.165, 1.54) is 0 Å². The van der Waals surface area contributed by atoms with E-state index in [-0.39, 0.29) is 11.7 Å². The second-order valence-corrected chi connectivity index (χ2v) is 4.87. The van der Waals surface area contributed by atoms with E-state index in [9.17, 15) is 4.79 Å². The number of nitrogens with two attached hydrogens (primary N) is 1. The number of anilines is 1. The fraction of sp³-hybridized carbons (Fsp3) is 0.333. The van der Waals surface area contributed by atoms with Crippen LogP contribution in [0.3, 0.4) is 0 Å². The Morgan fingerprint density at radius 3 is 2.94 bits per heavy atom. The van der Waals surface area contributed by atoms with Crippen LogP contribution in [0.1, 0.15) is 35.8 Å². The molecule has 1 aromatic heterocycles. The molecule has 92 valence electrons. The van der Waals surface area contributed by atoms with Crippen LogP contribution >= 0.6 is 0 Å². The van der Waals surface area contributed by atoms with E-state index in [0.29, 0.717) is 11.3 Å². The first-order valence-electron chi connectivity index (χ1n) is 6.43. The van der Waals surface area contributed by atoms with Crippen molar-refractivity contribution >= 4 is 22.4 Å². The zero-order valence-corrected chi connectivity index (χ0v) is 10.4. The highest BCUT2D eigenvalue weighted by molar-refractivity contribution is 6.09. The Bertz CT molecular complexity index is 634. The number of aryl methyl sites for hydroxylation is 1. The SMILES string of the molecule is CCC1CCc2nc3ccccc3c(N)c2C1=O. The molecular weight excluding hydrogens is 224 g/mol. The molecule has 1 aliphatic rings. The van der Waals surface area contributed by atoms with Crippen molar-refractivity contribution in [3.8, 4) is 0 Å². The lowest BCUT2D eigenvalue weighted by atomic mass is 9.82. The summed E-state index contributed by atoms with van der Waals surface area (Å²) in [6.45, 7) is 2.05. The van der Waals surface area contributed by atoms with Crippen molar-refractivity contribution < 1.29 is 4.79 Å². The molecule has 1 aliphatic carbocycles. The fourth-order valence-corrected chi connectivity index (χ4v) is 2.78. The van der Waals surface area contributed by atoms with Crippen LogP contribution in [-0.4, -0.2) is 10.8 Å². The number of benzene rings is 1. The number of ketones is 1. The van der Waals surface area contributed by atoms with Crippen molar-refractivity contribution in [2.24, 2.45) is 5.92 Å². The molecule has 2 aromatic rings. The third kappa shape index (κ3) is 1.50. The summed E-state index contributed by atoms with van der Waals surface area (Å²) in [7, 11) is 0. The van der Waals surface area contributed by atoms with Gasteiger partial charge in [0.1, 0.15) is 0 Å². The van der Waals surface area contributed by atoms with Gasteiger partial charge < -0.3 is 5.73 Å². The van der Waals surface area contributed by atoms with E-state index in [4.69, 9.17) is 5.73 Å². The maximum absolute atomic E-state index is 12.4. The molecule has 0 saturated heterocycles. The first-order chi connectivity index (χ1) is 8.72. The predicted molar refractivity (Wildman–Crippen MR) is 72.6 cm³/mol. The van der Waals surface area contributed by atoms with E-state index in [2.05, 4.69) is 11.9 Å². The Hall–Kier alpha value is -1.90. The summed E-state index contributed by atoms with van der Waals surface area (Å²) >= 11 is 0. The smallest absolute Gasteiger partial charge is 0.169 e. The van der Waals surface area contributed by atoms with E-state index < -0.39 is 0 Å². The first kappa shape index (κ1) is 11.2. The van der Waals surface area contributed by atoms with Crippen LogP contribution in [0.5, 0.6) is 0 Å². The summed E-state index contributed by atoms with van der Waals surface area (Å²) in [4.78, 5) is 17.0. The van der Waals surface area contributed by atoms with Crippen molar-refractivity contribution in [1.82, 2.24) is 4.98 Å². The molecule has 0 amide bonds. The van der Waals surface area contributed by atoms with E-state index >= 15 is 0 Å². The number of Topliss-reactive ketones (excluding diaryl/α,β-unsaturated/α-hetero) is 1. The van der Waals surface area contributed by atoms with Gasteiger partial charge in [0.05, 0.1) is 22.5 Å². The Labute approximate surface area is 106 Å². The second-order valence-electron chi connectivity index (χ2n) is 4.87. The van der Waals surface area contributed by atoms with Gasteiger partial charge in [0.15, 0.2) is 5.78 Å². The van der Waals surface area contributed by atoms with Crippen molar-refractivity contribution in [2.45, 2.75) is 26.2 Å². The summed E-state index contributed by atoms with van der Waals surface area (Å²) in [5.41, 5.74) is 9.23. The molecule has 0 fully saturated rings. The zero-order chi connectivity index (χ0) is 12.7. The minimum atomic E-state index is 0.114. The molecule has 0 saturated carbocycles. The van der Waals surface area contributed by atoms with Gasteiger partial charge in [-0.05, 0) is 25.3 Å². The van der Waals surface area contributed by atoms with Crippen LogP contribution in [0.4, 0.5) is 5.69 Å². The molecule has 0 bridgehead atoms. The molecule has 1 unspecified atom stereocenters. The van der Waals surface area contributed by atoms with Gasteiger partial charge in [-0.25, -0.2) is 0 Å². The van der Waals surface area contributed by atoms with E-state index in [0.717, 1.165) is 35.9 Å². The minimum absolute atomic E-state index is 0.114. The topological polar surface area (TPSA) is 56.0 Å². The van der Waals surface area contributed by atoms with Gasteiger partial charge >= 0.3 is 0 Å². The molecule has 1 aromatic carbocycles. The van der Waals surface area contributed by atoms with Gasteiger partial charge in [-0.15, -0.1) is 0 Å². The van der Waals surface area contributed by atoms with Gasteiger partial charge in [-0.3, -0.25) is 9.78 Å². The van der Waals surface area contributed by atoms with Crippen LogP contribution in [0.2, 0.25) is 0 Å². The largest absolute Gasteiger partial charge is 0.398 e. The highest BCUT2D eigenvalue weighted by Gasteiger charge is 2.29. The number of nitrogens with zero attached hydrogens (tertiary/aromatic N) is 1. The predicted octanol–water partition coefficient (Wildman–Crippen LogP) is 2.97. The molecule has 18 heavy (non-hydrogen) atoms. The van der Waals surface area contributed by atoms with E-state index in [1.54, 1.807) is 0 Å². The molecule has 3 heteroatoms. The lowest BCUT2D eigenvalue weighted by Crippen LogP contribution is -2.24. The van der Waals surface area contributed by atoms with Gasteiger partial charge in [0, 0.05) is 11.3 Å². The Morgan fingerprint density at radius 1 is 1.39 bits per heavy atom. The van der Waals surface area contributed by atoms with Crippen molar-refractivity contribution in [2.75, 3.05) is 5.73 Å². The number of fused-ring (bicyclic) bond motifs is 2. The van der Waals surface area contributed by atoms with Gasteiger partial charge in [-0.1, -0.05) is 25.1 Å². The second kappa shape index (κ2) is 4.09. The molecule has 0 radical (unpaired) electrons. The lowest BCUT2D eigenvalue weighted by molar-refractivity contribution is 0.0899. The number of aromatic nitrogens is 1. The quantitative estimate of drug-likeness (QED) is 0.833. The van der Waals surface area contributed by atoms with Gasteiger partial charge in [0.25, 0.3) is 0 Å². The summed E-state index contributed by atoms with van der Waals surface area (Å²) in [6.07, 6.45) is 2.63. The molecule has 0 aliphatic heterocycles. The van der Waals surface area contributed by atoms with Crippen LogP contribution < -0.4 is 5.73 Å². The number of carbonyl (C=O) groups is 1. The first-order valence-corrected chi connectivity index (χ1v) is 6.43.